The van der Waals surface area contributed by atoms with Crippen molar-refractivity contribution in [2.75, 3.05) is 16.8 Å². The highest BCUT2D eigenvalue weighted by molar-refractivity contribution is 9.10. The predicted molar refractivity (Wildman–Crippen MR) is 129 cm³/mol. The van der Waals surface area contributed by atoms with E-state index < -0.39 is 0 Å². The first-order valence-corrected chi connectivity index (χ1v) is 10.9. The molecule has 0 aliphatic rings. The minimum atomic E-state index is 0.694. The molecule has 3 aromatic rings. The number of allylic oxidation sites excluding steroid dienone is 1. The summed E-state index contributed by atoms with van der Waals surface area (Å²) in [6.07, 6.45) is 1.58. The third kappa shape index (κ3) is 4.98. The summed E-state index contributed by atoms with van der Waals surface area (Å²) in [5.41, 5.74) is 4.85. The number of nitrogens with zero attached hydrogens (tertiary/aromatic N) is 2. The van der Waals surface area contributed by atoms with Crippen LogP contribution < -0.4 is 9.80 Å². The van der Waals surface area contributed by atoms with Crippen LogP contribution in [0.15, 0.2) is 93.5 Å². The summed E-state index contributed by atoms with van der Waals surface area (Å²) < 4.78 is 2.00. The lowest BCUT2D eigenvalue weighted by Crippen LogP contribution is -2.27. The van der Waals surface area contributed by atoms with Crippen LogP contribution in [-0.2, 0) is 4.79 Å². The molecule has 148 valence electrons. The first kappa shape index (κ1) is 21.3. The molecule has 0 atom stereocenters. The lowest BCUT2D eigenvalue weighted by atomic mass is 10.1. The van der Waals surface area contributed by atoms with Crippen molar-refractivity contribution in [2.24, 2.45) is 0 Å². The van der Waals surface area contributed by atoms with Gasteiger partial charge in [-0.05, 0) is 60.5 Å². The van der Waals surface area contributed by atoms with Crippen molar-refractivity contribution in [2.45, 2.75) is 13.3 Å². The number of anilines is 2. The number of carbonyl (C=O) groups excluding carboxylic acids is 1. The highest BCUT2D eigenvalue weighted by Crippen LogP contribution is 2.33. The molecule has 0 aromatic heterocycles. The molecule has 0 aliphatic carbocycles. The fourth-order valence-electron chi connectivity index (χ4n) is 3.28. The van der Waals surface area contributed by atoms with Crippen molar-refractivity contribution in [3.05, 3.63) is 99.1 Å². The Hall–Kier alpha value is -2.37. The fourth-order valence-corrected chi connectivity index (χ4v) is 3.81. The summed E-state index contributed by atoms with van der Waals surface area (Å²) >= 11 is 6.97. The first-order chi connectivity index (χ1) is 14.0. The number of halogens is 2. The second kappa shape index (κ2) is 9.90. The molecule has 0 spiro atoms. The fraction of sp³-hybridized carbons (Fsp3) is 0.125. The van der Waals surface area contributed by atoms with E-state index in [9.17, 15) is 4.79 Å². The van der Waals surface area contributed by atoms with Crippen LogP contribution in [0.1, 0.15) is 18.9 Å². The number of carbonyl (C=O) groups is 1. The van der Waals surface area contributed by atoms with Crippen LogP contribution in [-0.4, -0.2) is 13.5 Å². The second-order valence-corrected chi connectivity index (χ2v) is 8.33. The predicted octanol–water partition coefficient (Wildman–Crippen LogP) is 7.09. The number of rotatable bonds is 7. The van der Waals surface area contributed by atoms with Crippen molar-refractivity contribution >= 4 is 55.3 Å². The van der Waals surface area contributed by atoms with Crippen molar-refractivity contribution in [1.29, 1.82) is 0 Å². The van der Waals surface area contributed by atoms with E-state index in [-0.39, 0.29) is 0 Å². The molecule has 0 aliphatic heterocycles. The van der Waals surface area contributed by atoms with Gasteiger partial charge in [0.05, 0.1) is 5.70 Å². The molecule has 0 N–H and O–H groups in total. The van der Waals surface area contributed by atoms with Crippen molar-refractivity contribution in [3.63, 3.8) is 0 Å². The van der Waals surface area contributed by atoms with Gasteiger partial charge in [-0.25, -0.2) is 0 Å². The Morgan fingerprint density at radius 2 is 1.34 bits per heavy atom. The molecule has 3 nitrogen and oxygen atoms in total. The maximum atomic E-state index is 12.2. The van der Waals surface area contributed by atoms with Gasteiger partial charge in [0.2, 0.25) is 6.41 Å². The molecule has 0 heterocycles. The van der Waals surface area contributed by atoms with Crippen molar-refractivity contribution in [3.8, 4) is 0 Å². The zero-order valence-electron chi connectivity index (χ0n) is 16.3. The van der Waals surface area contributed by atoms with Crippen LogP contribution in [0, 0.1) is 0 Å². The highest BCUT2D eigenvalue weighted by Gasteiger charge is 2.20. The highest BCUT2D eigenvalue weighted by atomic mass is 79.9. The minimum Gasteiger partial charge on any atom is -0.343 e. The monoisotopic (exact) mass is 512 g/mol. The number of hydrogen-bond acceptors (Lipinski definition) is 2. The summed E-state index contributed by atoms with van der Waals surface area (Å²) in [4.78, 5) is 16.0. The largest absolute Gasteiger partial charge is 0.343 e. The lowest BCUT2D eigenvalue weighted by Gasteiger charge is -2.30. The van der Waals surface area contributed by atoms with Crippen LogP contribution in [0.3, 0.4) is 0 Å². The van der Waals surface area contributed by atoms with E-state index in [1.165, 1.54) is 0 Å². The summed E-state index contributed by atoms with van der Waals surface area (Å²) in [5.74, 6) is 0. The standard InChI is InChI=1S/C24H22Br2N2O/c1-3-23(28(17-29)22-15-11-20(26)12-16-22)24(18-7-5-4-6-8-18)27(2)21-13-9-19(25)10-14-21/h4-17H,3H2,1-2H3/b24-23-. The molecule has 0 bridgehead atoms. The summed E-state index contributed by atoms with van der Waals surface area (Å²) in [6, 6.07) is 26.1. The average molecular weight is 514 g/mol. The molecule has 3 aromatic carbocycles. The van der Waals surface area contributed by atoms with Crippen molar-refractivity contribution in [1.82, 2.24) is 0 Å². The Balaban J connectivity index is 2.20. The van der Waals surface area contributed by atoms with Gasteiger partial charge < -0.3 is 4.90 Å². The topological polar surface area (TPSA) is 23.6 Å². The number of amides is 1. The van der Waals surface area contributed by atoms with Crippen LogP contribution in [0.25, 0.3) is 5.70 Å². The van der Waals surface area contributed by atoms with E-state index in [4.69, 9.17) is 0 Å². The van der Waals surface area contributed by atoms with Gasteiger partial charge >= 0.3 is 0 Å². The third-order valence-corrected chi connectivity index (χ3v) is 5.76. The maximum absolute atomic E-state index is 12.2. The molecule has 0 saturated carbocycles. The van der Waals surface area contributed by atoms with E-state index >= 15 is 0 Å². The molecule has 0 saturated heterocycles. The van der Waals surface area contributed by atoms with E-state index in [1.807, 2.05) is 61.6 Å². The molecule has 0 unspecified atom stereocenters. The Morgan fingerprint density at radius 1 is 0.828 bits per heavy atom. The van der Waals surface area contributed by atoms with E-state index in [0.29, 0.717) is 6.42 Å². The van der Waals surface area contributed by atoms with Gasteiger partial charge in [0.15, 0.2) is 0 Å². The molecule has 29 heavy (non-hydrogen) atoms. The van der Waals surface area contributed by atoms with E-state index in [1.54, 1.807) is 4.90 Å². The smallest absolute Gasteiger partial charge is 0.218 e. The maximum Gasteiger partial charge on any atom is 0.218 e. The van der Waals surface area contributed by atoms with Gasteiger partial charge in [-0.15, -0.1) is 0 Å². The minimum absolute atomic E-state index is 0.694. The van der Waals surface area contributed by atoms with Gasteiger partial charge in [-0.1, -0.05) is 69.1 Å². The van der Waals surface area contributed by atoms with Crippen LogP contribution >= 0.6 is 31.9 Å². The normalized spacial score (nSPS) is 11.6. The second-order valence-electron chi connectivity index (χ2n) is 6.50. The third-order valence-electron chi connectivity index (χ3n) is 4.71. The number of hydrogen-bond donors (Lipinski definition) is 0. The molecule has 5 heteroatoms. The van der Waals surface area contributed by atoms with Gasteiger partial charge in [0, 0.05) is 33.1 Å². The molecular weight excluding hydrogens is 492 g/mol. The van der Waals surface area contributed by atoms with Crippen LogP contribution in [0.5, 0.6) is 0 Å². The summed E-state index contributed by atoms with van der Waals surface area (Å²) in [6.45, 7) is 2.07. The Morgan fingerprint density at radius 3 is 1.83 bits per heavy atom. The van der Waals surface area contributed by atoms with Crippen molar-refractivity contribution < 1.29 is 4.79 Å². The molecule has 3 rings (SSSR count). The lowest BCUT2D eigenvalue weighted by molar-refractivity contribution is -0.107. The Bertz CT molecular complexity index is 984. The summed E-state index contributed by atoms with van der Waals surface area (Å²) in [5, 5.41) is 0. The number of benzene rings is 3. The molecular formula is C24H22Br2N2O. The van der Waals surface area contributed by atoms with Gasteiger partial charge in [-0.2, -0.15) is 0 Å². The van der Waals surface area contributed by atoms with E-state index in [2.05, 4.69) is 67.9 Å². The average Bonchev–Trinajstić information content (AvgIpc) is 2.75. The van der Waals surface area contributed by atoms with Gasteiger partial charge in [0.25, 0.3) is 0 Å². The molecule has 0 radical (unpaired) electrons. The zero-order valence-corrected chi connectivity index (χ0v) is 19.5. The van der Waals surface area contributed by atoms with E-state index in [0.717, 1.165) is 43.7 Å². The van der Waals surface area contributed by atoms with Gasteiger partial charge in [0.1, 0.15) is 0 Å². The molecule has 1 amide bonds. The summed E-state index contributed by atoms with van der Waals surface area (Å²) in [7, 11) is 2.03. The first-order valence-electron chi connectivity index (χ1n) is 9.33. The van der Waals surface area contributed by atoms with Crippen LogP contribution in [0.4, 0.5) is 11.4 Å². The molecule has 0 fully saturated rings. The Labute approximate surface area is 188 Å². The van der Waals surface area contributed by atoms with Gasteiger partial charge in [-0.3, -0.25) is 9.69 Å². The SMILES string of the molecule is CC/C(=C(\c1ccccc1)N(C)c1ccc(Br)cc1)N(C=O)c1ccc(Br)cc1. The van der Waals surface area contributed by atoms with Crippen LogP contribution in [0.2, 0.25) is 0 Å². The zero-order chi connectivity index (χ0) is 20.8. The Kier molecular flexibility index (Phi) is 7.29. The quantitative estimate of drug-likeness (QED) is 0.315.